The summed E-state index contributed by atoms with van der Waals surface area (Å²) in [4.78, 5) is 16.9. The number of amides is 1. The molecule has 1 saturated heterocycles. The van der Waals surface area contributed by atoms with Crippen LogP contribution in [-0.4, -0.2) is 49.9 Å². The van der Waals surface area contributed by atoms with Crippen LogP contribution in [0.1, 0.15) is 5.56 Å². The van der Waals surface area contributed by atoms with Gasteiger partial charge in [0.05, 0.1) is 23.8 Å². The van der Waals surface area contributed by atoms with Crippen LogP contribution in [-0.2, 0) is 19.6 Å². The molecule has 4 rings (SSSR count). The zero-order chi connectivity index (χ0) is 22.6. The molecule has 166 valence electrons. The largest absolute Gasteiger partial charge is 0.379 e. The average molecular weight is 490 g/mol. The van der Waals surface area contributed by atoms with Gasteiger partial charge in [-0.25, -0.2) is 13.4 Å². The third-order valence-corrected chi connectivity index (χ3v) is 7.71. The highest BCUT2D eigenvalue weighted by Gasteiger charge is 2.25. The first-order chi connectivity index (χ1) is 15.4. The van der Waals surface area contributed by atoms with E-state index in [1.165, 1.54) is 21.7 Å². The van der Waals surface area contributed by atoms with E-state index in [-0.39, 0.29) is 10.8 Å². The summed E-state index contributed by atoms with van der Waals surface area (Å²) in [7, 11) is -3.54. The molecule has 1 N–H and O–H groups in total. The Kier molecular flexibility index (Phi) is 7.02. The number of halogens is 1. The summed E-state index contributed by atoms with van der Waals surface area (Å²) in [5.41, 5.74) is 2.37. The monoisotopic (exact) mass is 489 g/mol. The van der Waals surface area contributed by atoms with Gasteiger partial charge >= 0.3 is 0 Å². The molecule has 3 aromatic rings. The second-order valence-electron chi connectivity index (χ2n) is 6.95. The molecule has 0 radical (unpaired) electrons. The Hall–Kier alpha value is -2.56. The van der Waals surface area contributed by atoms with Crippen molar-refractivity contribution in [2.24, 2.45) is 0 Å². The van der Waals surface area contributed by atoms with Crippen LogP contribution in [0.4, 0.5) is 5.13 Å². The predicted octanol–water partition coefficient (Wildman–Crippen LogP) is 4.14. The lowest BCUT2D eigenvalue weighted by Gasteiger charge is -2.26. The van der Waals surface area contributed by atoms with Crippen molar-refractivity contribution in [2.45, 2.75) is 4.90 Å². The third kappa shape index (κ3) is 5.43. The van der Waals surface area contributed by atoms with Crippen LogP contribution in [0.2, 0.25) is 5.02 Å². The van der Waals surface area contributed by atoms with Crippen molar-refractivity contribution in [2.75, 3.05) is 31.6 Å². The van der Waals surface area contributed by atoms with Gasteiger partial charge in [0.15, 0.2) is 5.13 Å². The van der Waals surface area contributed by atoms with Crippen molar-refractivity contribution in [3.05, 3.63) is 70.6 Å². The van der Waals surface area contributed by atoms with E-state index >= 15 is 0 Å². The number of sulfonamides is 1. The van der Waals surface area contributed by atoms with E-state index in [1.54, 1.807) is 42.5 Å². The van der Waals surface area contributed by atoms with Crippen LogP contribution >= 0.6 is 22.9 Å². The summed E-state index contributed by atoms with van der Waals surface area (Å²) < 4.78 is 32.0. The zero-order valence-electron chi connectivity index (χ0n) is 16.9. The standard InChI is InChI=1S/C22H20ClN3O4S2/c23-18-6-4-17(5-7-18)20-15-31-22(24-20)25-21(27)10-3-16-1-8-19(9-2-16)32(28,29)26-11-13-30-14-12-26/h1-10,15H,11-14H2,(H,24,25,27). The minimum Gasteiger partial charge on any atom is -0.379 e. The van der Waals surface area contributed by atoms with E-state index in [0.29, 0.717) is 42.0 Å². The van der Waals surface area contributed by atoms with Gasteiger partial charge in [0.1, 0.15) is 0 Å². The fourth-order valence-corrected chi connectivity index (χ4v) is 5.35. The lowest BCUT2D eigenvalue weighted by molar-refractivity contribution is -0.111. The molecule has 32 heavy (non-hydrogen) atoms. The van der Waals surface area contributed by atoms with E-state index in [0.717, 1.165) is 11.3 Å². The van der Waals surface area contributed by atoms with Crippen molar-refractivity contribution in [3.8, 4) is 11.3 Å². The van der Waals surface area contributed by atoms with Crippen LogP contribution in [0.25, 0.3) is 17.3 Å². The number of thiazole rings is 1. The summed E-state index contributed by atoms with van der Waals surface area (Å²) in [5, 5.41) is 5.72. The molecule has 0 spiro atoms. The average Bonchev–Trinajstić information content (AvgIpc) is 3.27. The van der Waals surface area contributed by atoms with E-state index in [9.17, 15) is 13.2 Å². The van der Waals surface area contributed by atoms with Gasteiger partial charge in [0.2, 0.25) is 15.9 Å². The molecule has 2 aromatic carbocycles. The molecule has 7 nitrogen and oxygen atoms in total. The molecular weight excluding hydrogens is 470 g/mol. The molecule has 0 aliphatic carbocycles. The van der Waals surface area contributed by atoms with Gasteiger partial charge in [-0.05, 0) is 35.9 Å². The molecule has 1 fully saturated rings. The third-order valence-electron chi connectivity index (χ3n) is 4.79. The fourth-order valence-electron chi connectivity index (χ4n) is 3.09. The molecule has 0 bridgehead atoms. The van der Waals surface area contributed by atoms with Gasteiger partial charge in [-0.15, -0.1) is 11.3 Å². The van der Waals surface area contributed by atoms with Crippen molar-refractivity contribution in [1.29, 1.82) is 0 Å². The maximum absolute atomic E-state index is 12.7. The number of hydrogen-bond acceptors (Lipinski definition) is 6. The SMILES string of the molecule is O=C(C=Cc1ccc(S(=O)(=O)N2CCOCC2)cc1)Nc1nc(-c2ccc(Cl)cc2)cs1. The molecular formula is C22H20ClN3O4S2. The minimum absolute atomic E-state index is 0.221. The number of nitrogens with one attached hydrogen (secondary N) is 1. The number of aromatic nitrogens is 1. The maximum Gasteiger partial charge on any atom is 0.250 e. The molecule has 1 aliphatic heterocycles. The van der Waals surface area contributed by atoms with E-state index in [4.69, 9.17) is 16.3 Å². The van der Waals surface area contributed by atoms with Crippen LogP contribution in [0.15, 0.2) is 64.9 Å². The van der Waals surface area contributed by atoms with E-state index < -0.39 is 10.0 Å². The van der Waals surface area contributed by atoms with Gasteiger partial charge in [-0.1, -0.05) is 35.9 Å². The van der Waals surface area contributed by atoms with Crippen LogP contribution in [0.5, 0.6) is 0 Å². The first-order valence-electron chi connectivity index (χ1n) is 9.80. The molecule has 1 aliphatic rings. The van der Waals surface area contributed by atoms with Crippen LogP contribution in [0, 0.1) is 0 Å². The Bertz CT molecular complexity index is 1220. The molecule has 1 aromatic heterocycles. The van der Waals surface area contributed by atoms with Gasteiger partial charge in [0, 0.05) is 35.1 Å². The maximum atomic E-state index is 12.7. The summed E-state index contributed by atoms with van der Waals surface area (Å²) in [5.74, 6) is -0.327. The predicted molar refractivity (Wildman–Crippen MR) is 126 cm³/mol. The Morgan fingerprint density at radius 2 is 1.78 bits per heavy atom. The summed E-state index contributed by atoms with van der Waals surface area (Å²) >= 11 is 7.23. The number of nitrogens with zero attached hydrogens (tertiary/aromatic N) is 2. The van der Waals surface area contributed by atoms with E-state index in [1.807, 2.05) is 17.5 Å². The molecule has 1 amide bonds. The van der Waals surface area contributed by atoms with Gasteiger partial charge < -0.3 is 4.74 Å². The highest BCUT2D eigenvalue weighted by molar-refractivity contribution is 7.89. The van der Waals surface area contributed by atoms with Gasteiger partial charge in [-0.3, -0.25) is 10.1 Å². The number of carbonyl (C=O) groups excluding carboxylic acids is 1. The highest BCUT2D eigenvalue weighted by atomic mass is 35.5. The first kappa shape index (κ1) is 22.6. The minimum atomic E-state index is -3.54. The quantitative estimate of drug-likeness (QED) is 0.526. The smallest absolute Gasteiger partial charge is 0.250 e. The number of ether oxygens (including phenoxy) is 1. The van der Waals surface area contributed by atoms with Gasteiger partial charge in [0.25, 0.3) is 0 Å². The Balaban J connectivity index is 1.37. The second kappa shape index (κ2) is 9.93. The summed E-state index contributed by atoms with van der Waals surface area (Å²) in [6, 6.07) is 13.7. The first-order valence-corrected chi connectivity index (χ1v) is 12.5. The summed E-state index contributed by atoms with van der Waals surface area (Å²) in [6.07, 6.45) is 3.00. The highest BCUT2D eigenvalue weighted by Crippen LogP contribution is 2.26. The fraction of sp³-hybridized carbons (Fsp3) is 0.182. The lowest BCUT2D eigenvalue weighted by Crippen LogP contribution is -2.40. The molecule has 0 atom stereocenters. The lowest BCUT2D eigenvalue weighted by atomic mass is 10.2. The normalized spacial score (nSPS) is 15.2. The number of benzene rings is 2. The van der Waals surface area contributed by atoms with Crippen molar-refractivity contribution < 1.29 is 17.9 Å². The number of morpholine rings is 1. The number of hydrogen-bond donors (Lipinski definition) is 1. The van der Waals surface area contributed by atoms with Crippen molar-refractivity contribution >= 4 is 50.1 Å². The molecule has 0 unspecified atom stereocenters. The Labute approximate surface area is 195 Å². The van der Waals surface area contributed by atoms with Crippen LogP contribution in [0.3, 0.4) is 0 Å². The molecule has 0 saturated carbocycles. The number of carbonyl (C=O) groups is 1. The number of anilines is 1. The van der Waals surface area contributed by atoms with Crippen LogP contribution < -0.4 is 5.32 Å². The topological polar surface area (TPSA) is 88.6 Å². The Morgan fingerprint density at radius 3 is 2.47 bits per heavy atom. The molecule has 2 heterocycles. The van der Waals surface area contributed by atoms with Crippen molar-refractivity contribution in [3.63, 3.8) is 0 Å². The Morgan fingerprint density at radius 1 is 1.09 bits per heavy atom. The second-order valence-corrected chi connectivity index (χ2v) is 10.2. The summed E-state index contributed by atoms with van der Waals surface area (Å²) in [6.45, 7) is 1.49. The van der Waals surface area contributed by atoms with Gasteiger partial charge in [-0.2, -0.15) is 4.31 Å². The van der Waals surface area contributed by atoms with E-state index in [2.05, 4.69) is 10.3 Å². The van der Waals surface area contributed by atoms with Crippen molar-refractivity contribution in [1.82, 2.24) is 9.29 Å². The molecule has 10 heteroatoms. The zero-order valence-corrected chi connectivity index (χ0v) is 19.3. The number of rotatable bonds is 6.